The van der Waals surface area contributed by atoms with E-state index in [0.29, 0.717) is 5.56 Å². The van der Waals surface area contributed by atoms with E-state index in [1.165, 1.54) is 38.3 Å². The number of ether oxygens (including phenoxy) is 1. The van der Waals surface area contributed by atoms with Crippen LogP contribution >= 0.6 is 0 Å². The summed E-state index contributed by atoms with van der Waals surface area (Å²) in [6, 6.07) is 13.5. The third-order valence-corrected chi connectivity index (χ3v) is 5.84. The van der Waals surface area contributed by atoms with Gasteiger partial charge >= 0.3 is 5.97 Å². The molecule has 8 nitrogen and oxygen atoms in total. The van der Waals surface area contributed by atoms with Crippen molar-refractivity contribution in [1.82, 2.24) is 10.0 Å². The number of benzene rings is 2. The molecule has 2 rings (SSSR count). The molecule has 0 aliphatic rings. The summed E-state index contributed by atoms with van der Waals surface area (Å²) in [7, 11) is -2.24. The maximum atomic E-state index is 12.6. The lowest BCUT2D eigenvalue weighted by molar-refractivity contribution is -0.142. The summed E-state index contributed by atoms with van der Waals surface area (Å²) in [6.45, 7) is 1.89. The Morgan fingerprint density at radius 3 is 2.24 bits per heavy atom. The number of hydrogen-bond donors (Lipinski definition) is 3. The van der Waals surface area contributed by atoms with Crippen LogP contribution in [0.5, 0.6) is 0 Å². The molecule has 0 fully saturated rings. The summed E-state index contributed by atoms with van der Waals surface area (Å²) in [5.74, 6) is -2.39. The fourth-order valence-corrected chi connectivity index (χ4v) is 3.68. The Hall–Kier alpha value is -2.75. The number of amides is 1. The van der Waals surface area contributed by atoms with Gasteiger partial charge in [-0.2, -0.15) is 0 Å². The molecule has 0 aromatic heterocycles. The maximum Gasteiger partial charge on any atom is 0.308 e. The van der Waals surface area contributed by atoms with Crippen LogP contribution in [0.2, 0.25) is 0 Å². The average molecular weight is 420 g/mol. The van der Waals surface area contributed by atoms with E-state index in [2.05, 4.69) is 10.0 Å². The van der Waals surface area contributed by atoms with Crippen molar-refractivity contribution in [2.45, 2.75) is 17.9 Å². The normalized spacial score (nSPS) is 13.4. The largest absolute Gasteiger partial charge is 0.481 e. The highest BCUT2D eigenvalue weighted by Gasteiger charge is 2.27. The monoisotopic (exact) mass is 420 g/mol. The molecule has 0 saturated heterocycles. The number of carbonyl (C=O) groups excluding carboxylic acids is 1. The summed E-state index contributed by atoms with van der Waals surface area (Å²) in [5, 5.41) is 12.1. The Labute approximate surface area is 169 Å². The van der Waals surface area contributed by atoms with Crippen LogP contribution in [-0.2, 0) is 19.6 Å². The van der Waals surface area contributed by atoms with Crippen LogP contribution in [0.15, 0.2) is 59.5 Å². The number of rotatable bonds is 10. The van der Waals surface area contributed by atoms with Crippen LogP contribution in [0.4, 0.5) is 0 Å². The SMILES string of the molecule is COCCNS(=O)(=O)c1ccc(C(=O)N[C@@H](c2ccccc2)[C@@H](C)C(=O)O)cc1. The maximum absolute atomic E-state index is 12.6. The summed E-state index contributed by atoms with van der Waals surface area (Å²) in [4.78, 5) is 24.1. The van der Waals surface area contributed by atoms with E-state index >= 15 is 0 Å². The van der Waals surface area contributed by atoms with Crippen molar-refractivity contribution in [1.29, 1.82) is 0 Å². The zero-order valence-electron chi connectivity index (χ0n) is 16.2. The van der Waals surface area contributed by atoms with E-state index in [1.807, 2.05) is 0 Å². The molecular weight excluding hydrogens is 396 g/mol. The quantitative estimate of drug-likeness (QED) is 0.504. The van der Waals surface area contributed by atoms with E-state index < -0.39 is 33.9 Å². The van der Waals surface area contributed by atoms with Gasteiger partial charge in [0.1, 0.15) is 0 Å². The van der Waals surface area contributed by atoms with E-state index in [0.717, 1.165) is 0 Å². The lowest BCUT2D eigenvalue weighted by atomic mass is 9.94. The minimum absolute atomic E-state index is 0.0173. The fourth-order valence-electron chi connectivity index (χ4n) is 2.67. The zero-order valence-corrected chi connectivity index (χ0v) is 17.0. The Kier molecular flexibility index (Phi) is 7.89. The molecule has 0 heterocycles. The number of nitrogens with one attached hydrogen (secondary N) is 2. The minimum atomic E-state index is -3.71. The number of aliphatic carboxylic acids is 1. The van der Waals surface area contributed by atoms with Crippen molar-refractivity contribution in [3.05, 3.63) is 65.7 Å². The van der Waals surface area contributed by atoms with Crippen molar-refractivity contribution in [2.24, 2.45) is 5.92 Å². The smallest absolute Gasteiger partial charge is 0.308 e. The van der Waals surface area contributed by atoms with Gasteiger partial charge in [-0.05, 0) is 36.8 Å². The second kappa shape index (κ2) is 10.1. The predicted octanol–water partition coefficient (Wildman–Crippen LogP) is 1.80. The summed E-state index contributed by atoms with van der Waals surface area (Å²) in [5.41, 5.74) is 0.886. The number of methoxy groups -OCH3 is 1. The van der Waals surface area contributed by atoms with Gasteiger partial charge in [0.2, 0.25) is 10.0 Å². The standard InChI is InChI=1S/C20H24N2O6S/c1-14(20(24)25)18(15-6-4-3-5-7-15)22-19(23)16-8-10-17(11-9-16)29(26,27)21-12-13-28-2/h3-11,14,18,21H,12-13H2,1-2H3,(H,22,23)(H,24,25)/t14-,18-/m1/s1. The van der Waals surface area contributed by atoms with Crippen LogP contribution in [0.1, 0.15) is 28.9 Å². The molecule has 0 radical (unpaired) electrons. The second-order valence-corrected chi connectivity index (χ2v) is 8.17. The fraction of sp³-hybridized carbons (Fsp3) is 0.300. The molecule has 0 saturated carbocycles. The van der Waals surface area contributed by atoms with Crippen LogP contribution in [0, 0.1) is 5.92 Å². The molecule has 156 valence electrons. The van der Waals surface area contributed by atoms with Gasteiger partial charge in [0.25, 0.3) is 5.91 Å². The predicted molar refractivity (Wildman–Crippen MR) is 107 cm³/mol. The topological polar surface area (TPSA) is 122 Å². The van der Waals surface area contributed by atoms with Crippen molar-refractivity contribution < 1.29 is 27.9 Å². The van der Waals surface area contributed by atoms with Gasteiger partial charge < -0.3 is 15.2 Å². The lowest BCUT2D eigenvalue weighted by Gasteiger charge is -2.23. The number of carboxylic acid groups (broad SMARTS) is 1. The Morgan fingerprint density at radius 1 is 1.07 bits per heavy atom. The van der Waals surface area contributed by atoms with Crippen LogP contribution in [-0.4, -0.2) is 45.7 Å². The molecule has 0 aliphatic heterocycles. The first-order valence-corrected chi connectivity index (χ1v) is 10.4. The summed E-state index contributed by atoms with van der Waals surface area (Å²) in [6.07, 6.45) is 0. The minimum Gasteiger partial charge on any atom is -0.481 e. The van der Waals surface area contributed by atoms with E-state index in [4.69, 9.17) is 4.74 Å². The summed E-state index contributed by atoms with van der Waals surface area (Å²) >= 11 is 0. The van der Waals surface area contributed by atoms with Crippen molar-refractivity contribution in [3.63, 3.8) is 0 Å². The molecule has 0 aliphatic carbocycles. The molecule has 3 N–H and O–H groups in total. The van der Waals surface area contributed by atoms with Gasteiger partial charge in [0.05, 0.1) is 23.5 Å². The third-order valence-electron chi connectivity index (χ3n) is 4.36. The van der Waals surface area contributed by atoms with Crippen molar-refractivity contribution >= 4 is 21.9 Å². The molecule has 2 aromatic rings. The Bertz CT molecular complexity index is 929. The van der Waals surface area contributed by atoms with Crippen LogP contribution < -0.4 is 10.0 Å². The first kappa shape index (κ1) is 22.5. The first-order valence-electron chi connectivity index (χ1n) is 8.93. The molecule has 0 unspecified atom stereocenters. The third kappa shape index (κ3) is 6.11. The molecule has 2 aromatic carbocycles. The van der Waals surface area contributed by atoms with Gasteiger partial charge in [-0.25, -0.2) is 13.1 Å². The Balaban J connectivity index is 2.17. The van der Waals surface area contributed by atoms with Gasteiger partial charge in [0, 0.05) is 19.2 Å². The van der Waals surface area contributed by atoms with E-state index in [9.17, 15) is 23.1 Å². The number of carboxylic acids is 1. The number of sulfonamides is 1. The van der Waals surface area contributed by atoms with Gasteiger partial charge in [-0.15, -0.1) is 0 Å². The number of carbonyl (C=O) groups is 2. The highest BCUT2D eigenvalue weighted by atomic mass is 32.2. The van der Waals surface area contributed by atoms with Crippen molar-refractivity contribution in [3.8, 4) is 0 Å². The summed E-state index contributed by atoms with van der Waals surface area (Å²) < 4.78 is 31.6. The molecule has 2 atom stereocenters. The molecular formula is C20H24N2O6S. The molecule has 0 spiro atoms. The first-order chi connectivity index (χ1) is 13.8. The molecule has 29 heavy (non-hydrogen) atoms. The van der Waals surface area contributed by atoms with Gasteiger partial charge in [-0.3, -0.25) is 9.59 Å². The highest BCUT2D eigenvalue weighted by Crippen LogP contribution is 2.23. The van der Waals surface area contributed by atoms with Crippen LogP contribution in [0.3, 0.4) is 0 Å². The van der Waals surface area contributed by atoms with Crippen LogP contribution in [0.25, 0.3) is 0 Å². The lowest BCUT2D eigenvalue weighted by Crippen LogP contribution is -2.35. The van der Waals surface area contributed by atoms with Gasteiger partial charge in [0.15, 0.2) is 0 Å². The molecule has 0 bridgehead atoms. The highest BCUT2D eigenvalue weighted by molar-refractivity contribution is 7.89. The Morgan fingerprint density at radius 2 is 1.69 bits per heavy atom. The number of hydrogen-bond acceptors (Lipinski definition) is 5. The van der Waals surface area contributed by atoms with E-state index in [1.54, 1.807) is 30.3 Å². The molecule has 9 heteroatoms. The zero-order chi connectivity index (χ0) is 21.4. The molecule has 1 amide bonds. The van der Waals surface area contributed by atoms with Crippen molar-refractivity contribution in [2.75, 3.05) is 20.3 Å². The average Bonchev–Trinajstić information content (AvgIpc) is 2.72. The second-order valence-electron chi connectivity index (χ2n) is 6.40. The van der Waals surface area contributed by atoms with Gasteiger partial charge in [-0.1, -0.05) is 30.3 Å². The van der Waals surface area contributed by atoms with E-state index in [-0.39, 0.29) is 23.6 Å².